The summed E-state index contributed by atoms with van der Waals surface area (Å²) < 4.78 is 1.08. The number of hydrogen-bond donors (Lipinski definition) is 1. The molecule has 0 radical (unpaired) electrons. The Balaban J connectivity index is 2.95. The van der Waals surface area contributed by atoms with Gasteiger partial charge in [-0.3, -0.25) is 0 Å². The molecule has 0 aromatic heterocycles. The first-order chi connectivity index (χ1) is 7.56. The molecule has 3 heteroatoms. The minimum absolute atomic E-state index is 0.324. The molecule has 90 valence electrons. The molecule has 1 aromatic carbocycles. The molecular weight excluding hydrogens is 286 g/mol. The summed E-state index contributed by atoms with van der Waals surface area (Å²) in [5.41, 5.74) is 1.18. The minimum atomic E-state index is 0.324. The van der Waals surface area contributed by atoms with Gasteiger partial charge in [0.1, 0.15) is 0 Å². The average Bonchev–Trinajstić information content (AvgIpc) is 2.23. The molecule has 0 saturated carbocycles. The van der Waals surface area contributed by atoms with Crippen molar-refractivity contribution in [3.8, 4) is 0 Å². The van der Waals surface area contributed by atoms with Crippen molar-refractivity contribution < 1.29 is 0 Å². The lowest BCUT2D eigenvalue weighted by molar-refractivity contribution is 0.413. The van der Waals surface area contributed by atoms with Crippen LogP contribution in [0.2, 0.25) is 5.02 Å². The van der Waals surface area contributed by atoms with Gasteiger partial charge in [0.25, 0.3) is 0 Å². The van der Waals surface area contributed by atoms with Gasteiger partial charge < -0.3 is 5.32 Å². The van der Waals surface area contributed by atoms with Crippen LogP contribution in [-0.4, -0.2) is 6.54 Å². The summed E-state index contributed by atoms with van der Waals surface area (Å²) in [6.45, 7) is 7.62. The van der Waals surface area contributed by atoms with Gasteiger partial charge in [-0.05, 0) is 42.6 Å². The number of rotatable bonds is 5. The van der Waals surface area contributed by atoms with E-state index in [4.69, 9.17) is 11.6 Å². The molecule has 0 saturated heterocycles. The zero-order valence-corrected chi connectivity index (χ0v) is 12.4. The lowest BCUT2D eigenvalue weighted by atomic mass is 9.96. The normalized spacial score (nSPS) is 13.1. The third kappa shape index (κ3) is 3.76. The van der Waals surface area contributed by atoms with E-state index in [0.29, 0.717) is 12.0 Å². The van der Waals surface area contributed by atoms with Crippen molar-refractivity contribution in [3.63, 3.8) is 0 Å². The first-order valence-electron chi connectivity index (χ1n) is 5.74. The van der Waals surface area contributed by atoms with Gasteiger partial charge in [0.05, 0.1) is 0 Å². The summed E-state index contributed by atoms with van der Waals surface area (Å²) in [5, 5.41) is 4.39. The zero-order valence-electron chi connectivity index (χ0n) is 10.1. The summed E-state index contributed by atoms with van der Waals surface area (Å²) in [6, 6.07) is 6.35. The first-order valence-corrected chi connectivity index (χ1v) is 6.91. The molecule has 0 aliphatic rings. The van der Waals surface area contributed by atoms with Crippen LogP contribution in [-0.2, 0) is 0 Å². The van der Waals surface area contributed by atoms with E-state index in [1.807, 2.05) is 12.1 Å². The van der Waals surface area contributed by atoms with Crippen molar-refractivity contribution >= 4 is 27.5 Å². The van der Waals surface area contributed by atoms with E-state index in [9.17, 15) is 0 Å². The smallest absolute Gasteiger partial charge is 0.0454 e. The molecule has 1 nitrogen and oxygen atoms in total. The van der Waals surface area contributed by atoms with E-state index in [1.54, 1.807) is 0 Å². The molecule has 0 aliphatic heterocycles. The molecule has 0 aliphatic carbocycles. The number of benzene rings is 1. The van der Waals surface area contributed by atoms with E-state index in [-0.39, 0.29) is 0 Å². The van der Waals surface area contributed by atoms with Gasteiger partial charge in [0, 0.05) is 15.5 Å². The van der Waals surface area contributed by atoms with E-state index in [1.165, 1.54) is 5.56 Å². The van der Waals surface area contributed by atoms with Crippen LogP contribution in [0, 0.1) is 5.92 Å². The summed E-state index contributed by atoms with van der Waals surface area (Å²) in [6.07, 6.45) is 1.13. The van der Waals surface area contributed by atoms with Crippen LogP contribution in [0.25, 0.3) is 0 Å². The van der Waals surface area contributed by atoms with Gasteiger partial charge in [-0.15, -0.1) is 0 Å². The van der Waals surface area contributed by atoms with Crippen LogP contribution in [0.5, 0.6) is 0 Å². The lowest BCUT2D eigenvalue weighted by Crippen LogP contribution is -2.26. The molecule has 1 unspecified atom stereocenters. The third-order valence-corrected chi connectivity index (χ3v) is 3.41. The molecule has 16 heavy (non-hydrogen) atoms. The Bertz CT molecular complexity index is 339. The van der Waals surface area contributed by atoms with Crippen molar-refractivity contribution in [1.29, 1.82) is 0 Å². The largest absolute Gasteiger partial charge is 0.310 e. The van der Waals surface area contributed by atoms with E-state index in [0.717, 1.165) is 22.5 Å². The zero-order chi connectivity index (χ0) is 12.1. The molecule has 0 amide bonds. The second-order valence-corrected chi connectivity index (χ2v) is 5.66. The third-order valence-electron chi connectivity index (χ3n) is 2.57. The van der Waals surface area contributed by atoms with E-state index < -0.39 is 0 Å². The number of nitrogens with one attached hydrogen (secondary N) is 1. The molecule has 0 bridgehead atoms. The summed E-state index contributed by atoms with van der Waals surface area (Å²) >= 11 is 9.75. The molecule has 1 rings (SSSR count). The van der Waals surface area contributed by atoms with Gasteiger partial charge >= 0.3 is 0 Å². The van der Waals surface area contributed by atoms with Gasteiger partial charge in [-0.25, -0.2) is 0 Å². The second-order valence-electron chi connectivity index (χ2n) is 4.34. The van der Waals surface area contributed by atoms with Crippen LogP contribution in [0.3, 0.4) is 0 Å². The van der Waals surface area contributed by atoms with Crippen LogP contribution in [0.1, 0.15) is 38.8 Å². The highest BCUT2D eigenvalue weighted by Crippen LogP contribution is 2.30. The number of hydrogen-bond acceptors (Lipinski definition) is 1. The second kappa shape index (κ2) is 6.63. The molecular formula is C13H19BrClN. The highest BCUT2D eigenvalue weighted by atomic mass is 79.9. The maximum atomic E-state index is 6.25. The Morgan fingerprint density at radius 3 is 2.62 bits per heavy atom. The predicted octanol–water partition coefficient (Wildman–Crippen LogP) is 4.80. The number of halogens is 2. The average molecular weight is 305 g/mol. The van der Waals surface area contributed by atoms with Crippen molar-refractivity contribution in [1.82, 2.24) is 5.32 Å². The maximum Gasteiger partial charge on any atom is 0.0454 e. The first kappa shape index (κ1) is 14.0. The lowest BCUT2D eigenvalue weighted by Gasteiger charge is -2.24. The summed E-state index contributed by atoms with van der Waals surface area (Å²) in [5.74, 6) is 0.526. The minimum Gasteiger partial charge on any atom is -0.310 e. The van der Waals surface area contributed by atoms with E-state index in [2.05, 4.69) is 48.1 Å². The predicted molar refractivity (Wildman–Crippen MR) is 75.0 cm³/mol. The van der Waals surface area contributed by atoms with Crippen LogP contribution >= 0.6 is 27.5 Å². The maximum absolute atomic E-state index is 6.25. The fourth-order valence-electron chi connectivity index (χ4n) is 1.76. The van der Waals surface area contributed by atoms with Crippen molar-refractivity contribution in [2.24, 2.45) is 5.92 Å². The standard InChI is InChI=1S/C13H19BrClN/c1-4-7-16-13(9(2)3)11-8-10(14)5-6-12(11)15/h5-6,8-9,13,16H,4,7H2,1-3H3. The van der Waals surface area contributed by atoms with Crippen LogP contribution in [0.4, 0.5) is 0 Å². The molecule has 0 heterocycles. The van der Waals surface area contributed by atoms with Crippen molar-refractivity contribution in [2.75, 3.05) is 6.54 Å². The Hall–Kier alpha value is -0.0500. The Morgan fingerprint density at radius 1 is 1.38 bits per heavy atom. The van der Waals surface area contributed by atoms with Crippen molar-refractivity contribution in [2.45, 2.75) is 33.2 Å². The Kier molecular flexibility index (Phi) is 5.81. The van der Waals surface area contributed by atoms with Crippen molar-refractivity contribution in [3.05, 3.63) is 33.3 Å². The highest BCUT2D eigenvalue weighted by Gasteiger charge is 2.17. The topological polar surface area (TPSA) is 12.0 Å². The molecule has 1 aromatic rings. The quantitative estimate of drug-likeness (QED) is 0.824. The molecule has 1 atom stereocenters. The Labute approximate surface area is 112 Å². The molecule has 0 fully saturated rings. The fourth-order valence-corrected chi connectivity index (χ4v) is 2.37. The Morgan fingerprint density at radius 2 is 2.06 bits per heavy atom. The fraction of sp³-hybridized carbons (Fsp3) is 0.538. The summed E-state index contributed by atoms with van der Waals surface area (Å²) in [4.78, 5) is 0. The van der Waals surface area contributed by atoms with Crippen LogP contribution < -0.4 is 5.32 Å². The van der Waals surface area contributed by atoms with Gasteiger partial charge in [0.2, 0.25) is 0 Å². The molecule has 0 spiro atoms. The summed E-state index contributed by atoms with van der Waals surface area (Å²) in [7, 11) is 0. The van der Waals surface area contributed by atoms with Gasteiger partial charge in [-0.2, -0.15) is 0 Å². The molecule has 1 N–H and O–H groups in total. The van der Waals surface area contributed by atoms with Crippen LogP contribution in [0.15, 0.2) is 22.7 Å². The highest BCUT2D eigenvalue weighted by molar-refractivity contribution is 9.10. The van der Waals surface area contributed by atoms with Gasteiger partial charge in [0.15, 0.2) is 0 Å². The SMILES string of the molecule is CCCNC(c1cc(Br)ccc1Cl)C(C)C. The monoisotopic (exact) mass is 303 g/mol. The van der Waals surface area contributed by atoms with E-state index >= 15 is 0 Å². The van der Waals surface area contributed by atoms with Gasteiger partial charge in [-0.1, -0.05) is 48.3 Å².